The Kier molecular flexibility index (Phi) is 5.67. The molecule has 0 saturated carbocycles. The third-order valence-electron chi connectivity index (χ3n) is 3.71. The lowest BCUT2D eigenvalue weighted by molar-refractivity contribution is 0.102. The molecule has 0 fully saturated rings. The fourth-order valence-electron chi connectivity index (χ4n) is 2.46. The third kappa shape index (κ3) is 4.10. The molecule has 1 aromatic heterocycles. The molecule has 0 bridgehead atoms. The number of carbonyl (C=O) groups excluding carboxylic acids is 1. The number of anilines is 1. The highest BCUT2D eigenvalue weighted by Crippen LogP contribution is 2.29. The quantitative estimate of drug-likeness (QED) is 0.653. The lowest BCUT2D eigenvalue weighted by Crippen LogP contribution is -2.29. The van der Waals surface area contributed by atoms with Crippen molar-refractivity contribution in [2.24, 2.45) is 0 Å². The number of pyridine rings is 1. The van der Waals surface area contributed by atoms with Crippen LogP contribution in [0.4, 0.5) is 5.69 Å². The largest absolute Gasteiger partial charge is 0.320 e. The predicted octanol–water partition coefficient (Wildman–Crippen LogP) is 5.11. The Labute approximate surface area is 164 Å². The van der Waals surface area contributed by atoms with Crippen molar-refractivity contribution >= 4 is 46.4 Å². The Balaban J connectivity index is 1.88. The Morgan fingerprint density at radius 1 is 1.00 bits per heavy atom. The first-order valence-corrected chi connectivity index (χ1v) is 8.78. The van der Waals surface area contributed by atoms with Crippen LogP contribution in [-0.4, -0.2) is 10.5 Å². The topological polar surface area (TPSA) is 51.1 Å². The Morgan fingerprint density at radius 2 is 1.77 bits per heavy atom. The van der Waals surface area contributed by atoms with E-state index in [1.54, 1.807) is 48.7 Å². The van der Waals surface area contributed by atoms with E-state index < -0.39 is 11.5 Å². The van der Waals surface area contributed by atoms with Gasteiger partial charge < -0.3 is 9.88 Å². The van der Waals surface area contributed by atoms with E-state index in [9.17, 15) is 9.59 Å². The summed E-state index contributed by atoms with van der Waals surface area (Å²) in [5.41, 5.74) is 0.789. The van der Waals surface area contributed by atoms with Gasteiger partial charge in [0.05, 0.1) is 22.3 Å². The van der Waals surface area contributed by atoms with Crippen LogP contribution in [0.2, 0.25) is 15.1 Å². The molecule has 1 N–H and O–H groups in total. The van der Waals surface area contributed by atoms with E-state index >= 15 is 0 Å². The molecule has 0 aliphatic heterocycles. The van der Waals surface area contributed by atoms with E-state index in [1.165, 1.54) is 10.6 Å². The van der Waals surface area contributed by atoms with E-state index in [1.807, 2.05) is 6.07 Å². The minimum absolute atomic E-state index is 0.00516. The second-order valence-corrected chi connectivity index (χ2v) is 6.76. The van der Waals surface area contributed by atoms with Crippen LogP contribution in [0.1, 0.15) is 15.9 Å². The van der Waals surface area contributed by atoms with Crippen LogP contribution in [0.3, 0.4) is 0 Å². The molecule has 0 aliphatic rings. The van der Waals surface area contributed by atoms with Crippen molar-refractivity contribution in [1.29, 1.82) is 0 Å². The molecule has 0 saturated heterocycles. The number of hydrogen-bond donors (Lipinski definition) is 1. The van der Waals surface area contributed by atoms with E-state index in [-0.39, 0.29) is 10.6 Å². The van der Waals surface area contributed by atoms with Crippen molar-refractivity contribution in [2.75, 3.05) is 5.32 Å². The first-order chi connectivity index (χ1) is 12.5. The summed E-state index contributed by atoms with van der Waals surface area (Å²) in [6, 6.07) is 15.2. The van der Waals surface area contributed by atoms with Crippen LogP contribution in [0.5, 0.6) is 0 Å². The predicted molar refractivity (Wildman–Crippen MR) is 106 cm³/mol. The van der Waals surface area contributed by atoms with Crippen LogP contribution >= 0.6 is 34.8 Å². The molecular weight excluding hydrogens is 395 g/mol. The highest BCUT2D eigenvalue weighted by molar-refractivity contribution is 6.44. The number of amides is 1. The van der Waals surface area contributed by atoms with Crippen molar-refractivity contribution in [3.05, 3.63) is 97.3 Å². The molecule has 4 nitrogen and oxygen atoms in total. The summed E-state index contributed by atoms with van der Waals surface area (Å²) in [4.78, 5) is 25.2. The molecule has 2 aromatic carbocycles. The molecule has 3 aromatic rings. The molecule has 132 valence electrons. The summed E-state index contributed by atoms with van der Waals surface area (Å²) in [6.07, 6.45) is 1.62. The van der Waals surface area contributed by atoms with Gasteiger partial charge in [-0.15, -0.1) is 0 Å². The number of nitrogens with zero attached hydrogens (tertiary/aromatic N) is 1. The summed E-state index contributed by atoms with van der Waals surface area (Å²) in [7, 11) is 0. The smallest absolute Gasteiger partial charge is 0.263 e. The number of halogens is 3. The molecule has 1 heterocycles. The summed E-state index contributed by atoms with van der Waals surface area (Å²) in [5.74, 6) is -0.556. The van der Waals surface area contributed by atoms with Gasteiger partial charge in [0.25, 0.3) is 11.5 Å². The molecule has 0 atom stereocenters. The highest BCUT2D eigenvalue weighted by atomic mass is 35.5. The molecule has 0 spiro atoms. The maximum absolute atomic E-state index is 12.7. The molecular formula is C19H13Cl3N2O2. The summed E-state index contributed by atoms with van der Waals surface area (Å²) >= 11 is 18.0. The molecule has 3 rings (SSSR count). The van der Waals surface area contributed by atoms with Crippen molar-refractivity contribution in [1.82, 2.24) is 4.57 Å². The average molecular weight is 408 g/mol. The summed E-state index contributed by atoms with van der Waals surface area (Å²) in [5, 5.41) is 3.74. The fourth-order valence-corrected chi connectivity index (χ4v) is 3.02. The molecule has 0 unspecified atom stereocenters. The number of carbonyl (C=O) groups is 1. The first-order valence-electron chi connectivity index (χ1n) is 7.65. The Hall–Kier alpha value is -2.27. The van der Waals surface area contributed by atoms with Crippen molar-refractivity contribution < 1.29 is 4.79 Å². The molecule has 26 heavy (non-hydrogen) atoms. The average Bonchev–Trinajstić information content (AvgIpc) is 2.61. The van der Waals surface area contributed by atoms with Gasteiger partial charge in [-0.25, -0.2) is 0 Å². The van der Waals surface area contributed by atoms with Crippen molar-refractivity contribution in [3.8, 4) is 0 Å². The number of aromatic nitrogens is 1. The normalized spacial score (nSPS) is 10.6. The summed E-state index contributed by atoms with van der Waals surface area (Å²) < 4.78 is 1.44. The van der Waals surface area contributed by atoms with E-state index in [2.05, 4.69) is 5.32 Å². The fraction of sp³-hybridized carbons (Fsp3) is 0.0526. The molecule has 1 amide bonds. The second-order valence-electron chi connectivity index (χ2n) is 5.54. The van der Waals surface area contributed by atoms with Gasteiger partial charge in [0.2, 0.25) is 0 Å². The van der Waals surface area contributed by atoms with Gasteiger partial charge in [-0.05, 0) is 42.0 Å². The summed E-state index contributed by atoms with van der Waals surface area (Å²) in [6.45, 7) is 0.304. The minimum atomic E-state index is -0.556. The van der Waals surface area contributed by atoms with Crippen LogP contribution in [-0.2, 0) is 6.54 Å². The van der Waals surface area contributed by atoms with Gasteiger partial charge in [-0.3, -0.25) is 9.59 Å². The zero-order valence-corrected chi connectivity index (χ0v) is 15.6. The SMILES string of the molecule is O=C(Nc1cccc(Cl)c1Cl)c1cccn(Cc2cccc(Cl)c2)c1=O. The van der Waals surface area contributed by atoms with E-state index in [0.717, 1.165) is 5.56 Å². The Bertz CT molecular complexity index is 1030. The van der Waals surface area contributed by atoms with Gasteiger partial charge in [0.1, 0.15) is 5.56 Å². The monoisotopic (exact) mass is 406 g/mol. The zero-order valence-electron chi connectivity index (χ0n) is 13.4. The van der Waals surface area contributed by atoms with Crippen LogP contribution in [0.15, 0.2) is 65.6 Å². The lowest BCUT2D eigenvalue weighted by atomic mass is 10.2. The Morgan fingerprint density at radius 3 is 2.54 bits per heavy atom. The molecule has 0 aliphatic carbocycles. The van der Waals surface area contributed by atoms with Gasteiger partial charge in [-0.1, -0.05) is 53.0 Å². The van der Waals surface area contributed by atoms with E-state index in [0.29, 0.717) is 22.3 Å². The zero-order chi connectivity index (χ0) is 18.7. The first kappa shape index (κ1) is 18.5. The van der Waals surface area contributed by atoms with Gasteiger partial charge in [0.15, 0.2) is 0 Å². The van der Waals surface area contributed by atoms with Crippen molar-refractivity contribution in [2.45, 2.75) is 6.54 Å². The van der Waals surface area contributed by atoms with Crippen molar-refractivity contribution in [3.63, 3.8) is 0 Å². The van der Waals surface area contributed by atoms with Gasteiger partial charge in [-0.2, -0.15) is 0 Å². The highest BCUT2D eigenvalue weighted by Gasteiger charge is 2.15. The standard InChI is InChI=1S/C19H13Cl3N2O2/c20-13-5-1-4-12(10-13)11-24-9-3-6-14(19(24)26)18(25)23-16-8-2-7-15(21)17(16)22/h1-10H,11H2,(H,23,25). The molecule has 7 heteroatoms. The maximum Gasteiger partial charge on any atom is 0.263 e. The third-order valence-corrected chi connectivity index (χ3v) is 4.76. The molecule has 0 radical (unpaired) electrons. The van der Waals surface area contributed by atoms with Crippen LogP contribution < -0.4 is 10.9 Å². The van der Waals surface area contributed by atoms with Gasteiger partial charge in [0, 0.05) is 11.2 Å². The van der Waals surface area contributed by atoms with Crippen LogP contribution in [0, 0.1) is 0 Å². The number of rotatable bonds is 4. The van der Waals surface area contributed by atoms with E-state index in [4.69, 9.17) is 34.8 Å². The second kappa shape index (κ2) is 7.96. The minimum Gasteiger partial charge on any atom is -0.320 e. The lowest BCUT2D eigenvalue weighted by Gasteiger charge is -2.10. The van der Waals surface area contributed by atoms with Crippen LogP contribution in [0.25, 0.3) is 0 Å². The maximum atomic E-state index is 12.7. The number of benzene rings is 2. The van der Waals surface area contributed by atoms with Gasteiger partial charge >= 0.3 is 0 Å². The number of hydrogen-bond acceptors (Lipinski definition) is 2. The number of nitrogens with one attached hydrogen (secondary N) is 1.